The molecule has 1 aliphatic heterocycles. The van der Waals surface area contributed by atoms with Crippen LogP contribution in [0.25, 0.3) is 0 Å². The first kappa shape index (κ1) is 17.3. The van der Waals surface area contributed by atoms with Gasteiger partial charge in [-0.05, 0) is 19.5 Å². The van der Waals surface area contributed by atoms with Gasteiger partial charge in [0.25, 0.3) is 0 Å². The van der Waals surface area contributed by atoms with E-state index in [9.17, 15) is 4.57 Å². The van der Waals surface area contributed by atoms with Gasteiger partial charge in [0.2, 0.25) is 0 Å². The molecule has 0 bridgehead atoms. The van der Waals surface area contributed by atoms with Crippen molar-refractivity contribution in [1.29, 1.82) is 0 Å². The Balaban J connectivity index is 2.27. The average molecular weight is 351 g/mol. The molecule has 0 N–H and O–H groups in total. The minimum absolute atomic E-state index is 0.0198. The smallest absolute Gasteiger partial charge is 0.296 e. The van der Waals surface area contributed by atoms with Crippen LogP contribution in [0, 0.1) is 0 Å². The highest BCUT2D eigenvalue weighted by Gasteiger charge is 2.50. The summed E-state index contributed by atoms with van der Waals surface area (Å²) < 4.78 is 22.9. The summed E-state index contributed by atoms with van der Waals surface area (Å²) in [6.45, 7) is 3.01. The number of hydrogen-bond donors (Lipinski definition) is 0. The highest BCUT2D eigenvalue weighted by Crippen LogP contribution is 2.64. The SMILES string of the molecule is C[C@@H]1[C@@H](c2ccccc2)O[P@](=O)(N(CCCl)CCCl)N1C. The summed E-state index contributed by atoms with van der Waals surface area (Å²) in [5.74, 6) is 0.783. The van der Waals surface area contributed by atoms with Gasteiger partial charge in [0.15, 0.2) is 0 Å². The highest BCUT2D eigenvalue weighted by atomic mass is 35.5. The second-order valence-electron chi connectivity index (χ2n) is 5.07. The van der Waals surface area contributed by atoms with E-state index in [1.165, 1.54) is 0 Å². The maximum absolute atomic E-state index is 13.3. The van der Waals surface area contributed by atoms with Gasteiger partial charge >= 0.3 is 7.67 Å². The summed E-state index contributed by atoms with van der Waals surface area (Å²) in [7, 11) is -1.25. The summed E-state index contributed by atoms with van der Waals surface area (Å²) in [4.78, 5) is 0. The molecule has 2 rings (SSSR count). The van der Waals surface area contributed by atoms with Crippen molar-refractivity contribution in [1.82, 2.24) is 9.34 Å². The van der Waals surface area contributed by atoms with Gasteiger partial charge < -0.3 is 0 Å². The Morgan fingerprint density at radius 2 is 1.81 bits per heavy atom. The molecule has 1 saturated heterocycles. The van der Waals surface area contributed by atoms with Gasteiger partial charge in [0.1, 0.15) is 6.10 Å². The van der Waals surface area contributed by atoms with Gasteiger partial charge in [-0.3, -0.25) is 9.09 Å². The maximum atomic E-state index is 13.3. The third kappa shape index (κ3) is 3.47. The fourth-order valence-corrected chi connectivity index (χ4v) is 5.75. The van der Waals surface area contributed by atoms with Crippen LogP contribution < -0.4 is 0 Å². The topological polar surface area (TPSA) is 32.8 Å². The molecular weight excluding hydrogens is 330 g/mol. The van der Waals surface area contributed by atoms with Gasteiger partial charge in [0, 0.05) is 30.9 Å². The number of alkyl halides is 2. The second-order valence-corrected chi connectivity index (χ2v) is 8.22. The van der Waals surface area contributed by atoms with Gasteiger partial charge in [-0.25, -0.2) is 9.34 Å². The van der Waals surface area contributed by atoms with Gasteiger partial charge in [-0.1, -0.05) is 30.3 Å². The molecule has 7 heteroatoms. The zero-order valence-electron chi connectivity index (χ0n) is 12.3. The normalized spacial score (nSPS) is 30.1. The maximum Gasteiger partial charge on any atom is 0.346 e. The van der Waals surface area contributed by atoms with Crippen molar-refractivity contribution in [3.05, 3.63) is 35.9 Å². The van der Waals surface area contributed by atoms with Gasteiger partial charge in [0.05, 0.1) is 0 Å². The van der Waals surface area contributed by atoms with Crippen molar-refractivity contribution >= 4 is 30.9 Å². The molecule has 21 heavy (non-hydrogen) atoms. The zero-order chi connectivity index (χ0) is 15.5. The lowest BCUT2D eigenvalue weighted by atomic mass is 10.0. The van der Waals surface area contributed by atoms with E-state index in [-0.39, 0.29) is 12.1 Å². The molecule has 1 aromatic carbocycles. The van der Waals surface area contributed by atoms with Crippen LogP contribution in [0.4, 0.5) is 0 Å². The zero-order valence-corrected chi connectivity index (χ0v) is 14.7. The first-order valence-corrected chi connectivity index (χ1v) is 9.58. The number of likely N-dealkylation sites (N-methyl/N-ethyl adjacent to an activating group) is 1. The molecule has 1 aliphatic rings. The van der Waals surface area contributed by atoms with E-state index in [0.717, 1.165) is 5.56 Å². The van der Waals surface area contributed by atoms with Crippen LogP contribution in [0.15, 0.2) is 30.3 Å². The number of nitrogens with zero attached hydrogens (tertiary/aromatic N) is 2. The number of benzene rings is 1. The Hall–Kier alpha value is -0.0900. The summed E-state index contributed by atoms with van der Waals surface area (Å²) in [5, 5.41) is 0. The summed E-state index contributed by atoms with van der Waals surface area (Å²) in [5.41, 5.74) is 1.03. The van der Waals surface area contributed by atoms with E-state index in [1.54, 1.807) is 4.67 Å². The predicted octanol–water partition coefficient (Wildman–Crippen LogP) is 3.97. The molecule has 1 aromatic rings. The summed E-state index contributed by atoms with van der Waals surface area (Å²) in [6, 6.07) is 9.90. The van der Waals surface area contributed by atoms with Crippen molar-refractivity contribution in [3.8, 4) is 0 Å². The molecule has 0 saturated carbocycles. The first-order valence-electron chi connectivity index (χ1n) is 6.98. The average Bonchev–Trinajstić information content (AvgIpc) is 2.73. The monoisotopic (exact) mass is 350 g/mol. The molecule has 3 atom stereocenters. The Morgan fingerprint density at radius 3 is 2.33 bits per heavy atom. The summed E-state index contributed by atoms with van der Waals surface area (Å²) in [6.07, 6.45) is -0.213. The van der Waals surface area contributed by atoms with Crippen LogP contribution in [0.5, 0.6) is 0 Å². The molecule has 0 aromatic heterocycles. The Morgan fingerprint density at radius 1 is 1.24 bits per heavy atom. The first-order chi connectivity index (χ1) is 10.0. The summed E-state index contributed by atoms with van der Waals surface area (Å²) >= 11 is 11.7. The largest absolute Gasteiger partial charge is 0.346 e. The third-order valence-corrected chi connectivity index (χ3v) is 6.96. The van der Waals surface area contributed by atoms with E-state index in [4.69, 9.17) is 27.7 Å². The van der Waals surface area contributed by atoms with Crippen LogP contribution in [0.3, 0.4) is 0 Å². The lowest BCUT2D eigenvalue weighted by Crippen LogP contribution is -2.32. The van der Waals surface area contributed by atoms with Crippen molar-refractivity contribution in [2.45, 2.75) is 19.1 Å². The van der Waals surface area contributed by atoms with Crippen LogP contribution in [0.1, 0.15) is 18.6 Å². The lowest BCUT2D eigenvalue weighted by Gasteiger charge is -2.30. The molecule has 118 valence electrons. The fourth-order valence-electron chi connectivity index (χ4n) is 2.54. The molecule has 0 unspecified atom stereocenters. The molecule has 0 spiro atoms. The Bertz CT molecular complexity index is 497. The van der Waals surface area contributed by atoms with Crippen LogP contribution in [0.2, 0.25) is 0 Å². The number of halogens is 2. The predicted molar refractivity (Wildman–Crippen MR) is 88.1 cm³/mol. The van der Waals surface area contributed by atoms with Crippen molar-refractivity contribution in [2.24, 2.45) is 0 Å². The van der Waals surface area contributed by atoms with Crippen LogP contribution in [-0.4, -0.2) is 47.3 Å². The Kier molecular flexibility index (Phi) is 6.13. The van der Waals surface area contributed by atoms with E-state index in [1.807, 2.05) is 49.0 Å². The van der Waals surface area contributed by atoms with E-state index in [0.29, 0.717) is 24.8 Å². The molecule has 0 amide bonds. The molecular formula is C14H21Cl2N2O2P. The molecule has 0 aliphatic carbocycles. The molecule has 4 nitrogen and oxygen atoms in total. The van der Waals surface area contributed by atoms with E-state index in [2.05, 4.69) is 0 Å². The van der Waals surface area contributed by atoms with Crippen LogP contribution >= 0.6 is 30.9 Å². The van der Waals surface area contributed by atoms with Crippen LogP contribution in [-0.2, 0) is 9.09 Å². The Labute approximate surface area is 136 Å². The van der Waals surface area contributed by atoms with E-state index < -0.39 is 7.67 Å². The minimum atomic E-state index is -3.08. The quantitative estimate of drug-likeness (QED) is 0.574. The van der Waals surface area contributed by atoms with E-state index >= 15 is 0 Å². The van der Waals surface area contributed by atoms with Crippen molar-refractivity contribution in [3.63, 3.8) is 0 Å². The standard InChI is InChI=1S/C14H21Cl2N2O2P/c1-12-14(13-6-4-3-5-7-13)20-21(19,17(12)2)18(10-8-15)11-9-16/h3-7,12,14H,8-11H2,1-2H3/t12-,14+,21+/m1/s1. The second kappa shape index (κ2) is 7.45. The third-order valence-electron chi connectivity index (χ3n) is 3.85. The molecule has 1 heterocycles. The van der Waals surface area contributed by atoms with Crippen molar-refractivity contribution < 1.29 is 9.09 Å². The molecule has 0 radical (unpaired) electrons. The lowest BCUT2D eigenvalue weighted by molar-refractivity contribution is 0.198. The highest BCUT2D eigenvalue weighted by molar-refractivity contribution is 7.54. The van der Waals surface area contributed by atoms with Crippen molar-refractivity contribution in [2.75, 3.05) is 31.9 Å². The van der Waals surface area contributed by atoms with Gasteiger partial charge in [-0.2, -0.15) is 0 Å². The van der Waals surface area contributed by atoms with Gasteiger partial charge in [-0.15, -0.1) is 23.2 Å². The molecule has 1 fully saturated rings. The number of hydrogen-bond acceptors (Lipinski definition) is 2. The number of rotatable bonds is 6. The minimum Gasteiger partial charge on any atom is -0.296 e. The fraction of sp³-hybridized carbons (Fsp3) is 0.571.